The lowest BCUT2D eigenvalue weighted by atomic mass is 10.1. The first-order valence-corrected chi connectivity index (χ1v) is 9.68. The monoisotopic (exact) mass is 396 g/mol. The van der Waals surface area contributed by atoms with Gasteiger partial charge in [0.15, 0.2) is 0 Å². The third kappa shape index (κ3) is 3.44. The second kappa shape index (κ2) is 6.81. The maximum Gasteiger partial charge on any atom is 0.246 e. The Morgan fingerprint density at radius 3 is 2.45 bits per heavy atom. The zero-order valence-corrected chi connectivity index (χ0v) is 16.3. The van der Waals surface area contributed by atoms with Crippen LogP contribution in [0.5, 0.6) is 0 Å². The molecule has 2 aromatic carbocycles. The van der Waals surface area contributed by atoms with Gasteiger partial charge in [-0.15, -0.1) is 5.10 Å². The zero-order chi connectivity index (χ0) is 20.1. The molecule has 1 N–H and O–H groups in total. The fraction of sp³-hybridized carbons (Fsp3) is 0.333. The molecule has 3 heterocycles. The van der Waals surface area contributed by atoms with Gasteiger partial charge in [0.25, 0.3) is 0 Å². The number of nitrogens with zero attached hydrogens (tertiary/aromatic N) is 5. The van der Waals surface area contributed by atoms with E-state index in [-0.39, 0.29) is 5.69 Å². The van der Waals surface area contributed by atoms with E-state index >= 15 is 0 Å². The molecule has 2 saturated heterocycles. The summed E-state index contributed by atoms with van der Waals surface area (Å²) >= 11 is 0. The number of anilines is 3. The number of rotatable bonds is 4. The summed E-state index contributed by atoms with van der Waals surface area (Å²) in [7, 11) is 2.19. The third-order valence-corrected chi connectivity index (χ3v) is 5.77. The van der Waals surface area contributed by atoms with E-state index in [1.165, 1.54) is 35.3 Å². The van der Waals surface area contributed by atoms with Crippen molar-refractivity contribution >= 4 is 17.3 Å². The van der Waals surface area contributed by atoms with E-state index < -0.39 is 11.6 Å². The number of benzene rings is 2. The van der Waals surface area contributed by atoms with Crippen molar-refractivity contribution in [1.82, 2.24) is 19.7 Å². The molecular weight excluding hydrogens is 374 g/mol. The second-order valence-electron chi connectivity index (χ2n) is 7.96. The van der Waals surface area contributed by atoms with Gasteiger partial charge < -0.3 is 10.2 Å². The van der Waals surface area contributed by atoms with Gasteiger partial charge in [0.05, 0.1) is 5.69 Å². The highest BCUT2D eigenvalue weighted by molar-refractivity contribution is 5.65. The van der Waals surface area contributed by atoms with Crippen LogP contribution in [0.25, 0.3) is 5.69 Å². The molecule has 3 aromatic rings. The summed E-state index contributed by atoms with van der Waals surface area (Å²) < 4.78 is 28.3. The predicted octanol–water partition coefficient (Wildman–Crippen LogP) is 3.49. The van der Waals surface area contributed by atoms with E-state index in [4.69, 9.17) is 0 Å². The minimum Gasteiger partial charge on any atom is -0.366 e. The largest absolute Gasteiger partial charge is 0.366 e. The Bertz CT molecular complexity index is 1040. The van der Waals surface area contributed by atoms with Crippen molar-refractivity contribution in [3.63, 3.8) is 0 Å². The number of likely N-dealkylation sites (N-methyl/N-ethyl adjacent to an activating group) is 1. The van der Waals surface area contributed by atoms with E-state index in [1.54, 1.807) is 0 Å². The first kappa shape index (κ1) is 18.1. The summed E-state index contributed by atoms with van der Waals surface area (Å²) in [6, 6.07) is 10.8. The standard InChI is InChI=1S/C21H22F2N6/c1-13-3-16(8-17(4-13)28-11-19-9-20(28)10-27(19)2)25-21-24-12-29(26-21)18-6-14(22)5-15(23)7-18/h3-8,12,19-20H,9-11H2,1-2H3,(H,25,26)/t19-,20?/m1/s1. The highest BCUT2D eigenvalue weighted by atomic mass is 19.1. The van der Waals surface area contributed by atoms with Gasteiger partial charge in [-0.2, -0.15) is 4.98 Å². The number of hydrogen-bond donors (Lipinski definition) is 1. The van der Waals surface area contributed by atoms with Gasteiger partial charge in [0.2, 0.25) is 5.95 Å². The molecule has 0 aliphatic carbocycles. The van der Waals surface area contributed by atoms with Crippen LogP contribution in [0.15, 0.2) is 42.7 Å². The first-order valence-electron chi connectivity index (χ1n) is 9.68. The van der Waals surface area contributed by atoms with E-state index in [0.717, 1.165) is 30.4 Å². The number of aryl methyl sites for hydroxylation is 1. The van der Waals surface area contributed by atoms with Crippen LogP contribution in [0.2, 0.25) is 0 Å². The van der Waals surface area contributed by atoms with Crippen LogP contribution in [0.4, 0.5) is 26.1 Å². The highest BCUT2D eigenvalue weighted by Gasteiger charge is 2.41. The van der Waals surface area contributed by atoms with Gasteiger partial charge in [-0.05, 0) is 56.3 Å². The lowest BCUT2D eigenvalue weighted by Gasteiger charge is -2.34. The lowest BCUT2D eigenvalue weighted by Crippen LogP contribution is -2.44. The third-order valence-electron chi connectivity index (χ3n) is 5.77. The van der Waals surface area contributed by atoms with E-state index in [9.17, 15) is 8.78 Å². The Morgan fingerprint density at radius 1 is 0.966 bits per heavy atom. The summed E-state index contributed by atoms with van der Waals surface area (Å²) in [4.78, 5) is 9.14. The van der Waals surface area contributed by atoms with Crippen LogP contribution in [-0.4, -0.2) is 51.9 Å². The average Bonchev–Trinajstić information content (AvgIpc) is 3.35. The Balaban J connectivity index is 1.37. The molecule has 0 amide bonds. The van der Waals surface area contributed by atoms with Crippen molar-refractivity contribution in [1.29, 1.82) is 0 Å². The molecule has 29 heavy (non-hydrogen) atoms. The summed E-state index contributed by atoms with van der Waals surface area (Å²) in [5, 5.41) is 7.52. The van der Waals surface area contributed by atoms with Gasteiger partial charge in [-0.3, -0.25) is 4.90 Å². The number of likely N-dealkylation sites (tertiary alicyclic amines) is 1. The minimum atomic E-state index is -0.654. The number of hydrogen-bond acceptors (Lipinski definition) is 5. The Kier molecular flexibility index (Phi) is 4.24. The number of piperazine rings is 1. The molecule has 5 rings (SSSR count). The van der Waals surface area contributed by atoms with Crippen LogP contribution < -0.4 is 10.2 Å². The number of fused-ring (bicyclic) bond motifs is 2. The summed E-state index contributed by atoms with van der Waals surface area (Å²) in [6.45, 7) is 4.20. The quantitative estimate of drug-likeness (QED) is 0.732. The van der Waals surface area contributed by atoms with E-state index in [2.05, 4.69) is 51.3 Å². The molecule has 2 aliphatic heterocycles. The van der Waals surface area contributed by atoms with Crippen LogP contribution in [0.3, 0.4) is 0 Å². The molecule has 1 aromatic heterocycles. The fourth-order valence-corrected chi connectivity index (χ4v) is 4.43. The Hall–Kier alpha value is -3.00. The number of halogens is 2. The maximum absolute atomic E-state index is 13.5. The van der Waals surface area contributed by atoms with Crippen LogP contribution in [0.1, 0.15) is 12.0 Å². The molecule has 2 bridgehead atoms. The van der Waals surface area contributed by atoms with Crippen molar-refractivity contribution < 1.29 is 8.78 Å². The molecule has 8 heteroatoms. The zero-order valence-electron chi connectivity index (χ0n) is 16.3. The Labute approximate surface area is 167 Å². The smallest absolute Gasteiger partial charge is 0.246 e. The summed E-state index contributed by atoms with van der Waals surface area (Å²) in [6.07, 6.45) is 2.64. The molecular formula is C21H22F2N6. The first-order chi connectivity index (χ1) is 13.9. The SMILES string of the molecule is Cc1cc(Nc2ncn(-c3cc(F)cc(F)c3)n2)cc(N2C[C@H]3CC2CN3C)c1. The molecule has 0 radical (unpaired) electrons. The number of nitrogens with one attached hydrogen (secondary N) is 1. The highest BCUT2D eigenvalue weighted by Crippen LogP contribution is 2.35. The van der Waals surface area contributed by atoms with Crippen molar-refractivity contribution in [3.05, 3.63) is 59.9 Å². The topological polar surface area (TPSA) is 49.2 Å². The Morgan fingerprint density at radius 2 is 1.76 bits per heavy atom. The molecule has 6 nitrogen and oxygen atoms in total. The van der Waals surface area contributed by atoms with Gasteiger partial charge in [0.1, 0.15) is 18.0 Å². The van der Waals surface area contributed by atoms with Crippen molar-refractivity contribution in [3.8, 4) is 5.69 Å². The van der Waals surface area contributed by atoms with E-state index in [0.29, 0.717) is 18.0 Å². The van der Waals surface area contributed by atoms with Crippen LogP contribution in [0, 0.1) is 18.6 Å². The molecule has 2 atom stereocenters. The maximum atomic E-state index is 13.5. The molecule has 0 spiro atoms. The average molecular weight is 396 g/mol. The number of aromatic nitrogens is 3. The van der Waals surface area contributed by atoms with Crippen molar-refractivity contribution in [2.45, 2.75) is 25.4 Å². The minimum absolute atomic E-state index is 0.283. The molecule has 2 aliphatic rings. The van der Waals surface area contributed by atoms with Gasteiger partial charge >= 0.3 is 0 Å². The van der Waals surface area contributed by atoms with Gasteiger partial charge in [-0.1, -0.05) is 0 Å². The summed E-state index contributed by atoms with van der Waals surface area (Å²) in [5.74, 6) is -0.938. The molecule has 150 valence electrons. The van der Waals surface area contributed by atoms with Crippen molar-refractivity contribution in [2.75, 3.05) is 30.4 Å². The fourth-order valence-electron chi connectivity index (χ4n) is 4.43. The second-order valence-corrected chi connectivity index (χ2v) is 7.96. The normalized spacial score (nSPS) is 21.2. The molecule has 0 saturated carbocycles. The van der Waals surface area contributed by atoms with Crippen LogP contribution in [-0.2, 0) is 0 Å². The predicted molar refractivity (Wildman–Crippen MR) is 108 cm³/mol. The van der Waals surface area contributed by atoms with E-state index in [1.807, 2.05) is 6.07 Å². The lowest BCUT2D eigenvalue weighted by molar-refractivity contribution is 0.292. The van der Waals surface area contributed by atoms with Gasteiger partial charge in [0, 0.05) is 42.6 Å². The molecule has 1 unspecified atom stereocenters. The van der Waals surface area contributed by atoms with Crippen LogP contribution >= 0.6 is 0 Å². The molecule has 2 fully saturated rings. The van der Waals surface area contributed by atoms with Crippen molar-refractivity contribution in [2.24, 2.45) is 0 Å². The van der Waals surface area contributed by atoms with Gasteiger partial charge in [-0.25, -0.2) is 13.5 Å². The summed E-state index contributed by atoms with van der Waals surface area (Å²) in [5.41, 5.74) is 3.51.